The number of benzene rings is 1. The van der Waals surface area contributed by atoms with Crippen molar-refractivity contribution in [2.45, 2.75) is 58.4 Å². The first-order valence-electron chi connectivity index (χ1n) is 11.8. The van der Waals surface area contributed by atoms with E-state index in [9.17, 15) is 19.2 Å². The molecule has 0 aromatic heterocycles. The molecule has 1 spiro atoms. The lowest BCUT2D eigenvalue weighted by Gasteiger charge is -2.42. The molecule has 3 N–H and O–H groups in total. The van der Waals surface area contributed by atoms with Gasteiger partial charge in [-0.3, -0.25) is 30.1 Å². The molecule has 1 aromatic rings. The van der Waals surface area contributed by atoms with Gasteiger partial charge in [-0.15, -0.1) is 0 Å². The van der Waals surface area contributed by atoms with Crippen LogP contribution in [0, 0.1) is 11.3 Å². The van der Waals surface area contributed by atoms with Crippen molar-refractivity contribution in [1.29, 1.82) is 0 Å². The molecule has 2 heterocycles. The van der Waals surface area contributed by atoms with Crippen LogP contribution in [0.2, 0.25) is 0 Å². The van der Waals surface area contributed by atoms with Crippen molar-refractivity contribution in [3.05, 3.63) is 23.8 Å². The summed E-state index contributed by atoms with van der Waals surface area (Å²) in [4.78, 5) is 51.4. The predicted molar refractivity (Wildman–Crippen MR) is 122 cm³/mol. The summed E-state index contributed by atoms with van der Waals surface area (Å²) in [5, 5.41) is 2.83. The van der Waals surface area contributed by atoms with Gasteiger partial charge in [-0.2, -0.15) is 0 Å². The zero-order valence-electron chi connectivity index (χ0n) is 19.9. The van der Waals surface area contributed by atoms with Crippen LogP contribution in [0.25, 0.3) is 0 Å². The van der Waals surface area contributed by atoms with Crippen molar-refractivity contribution in [3.63, 3.8) is 0 Å². The third-order valence-electron chi connectivity index (χ3n) is 7.52. The molecule has 2 aliphatic heterocycles. The minimum absolute atomic E-state index is 0.183. The first-order chi connectivity index (χ1) is 16.1. The molecular formula is C24H32N4O6. The van der Waals surface area contributed by atoms with Crippen LogP contribution in [0.15, 0.2) is 18.2 Å². The van der Waals surface area contributed by atoms with Crippen LogP contribution in [0.5, 0.6) is 11.5 Å². The van der Waals surface area contributed by atoms with Gasteiger partial charge in [0, 0.05) is 5.56 Å². The maximum atomic E-state index is 13.1. The molecule has 10 nitrogen and oxygen atoms in total. The van der Waals surface area contributed by atoms with Crippen LogP contribution >= 0.6 is 0 Å². The van der Waals surface area contributed by atoms with E-state index in [-0.39, 0.29) is 16.9 Å². The molecule has 0 radical (unpaired) electrons. The Hall–Kier alpha value is -3.30. The summed E-state index contributed by atoms with van der Waals surface area (Å²) < 4.78 is 10.9. The number of ether oxygens (including phenoxy) is 2. The molecule has 0 unspecified atom stereocenters. The second-order valence-electron chi connectivity index (χ2n) is 9.88. The van der Waals surface area contributed by atoms with Crippen LogP contribution in [-0.2, 0) is 9.59 Å². The second kappa shape index (κ2) is 9.15. The number of hydrogen-bond donors (Lipinski definition) is 3. The van der Waals surface area contributed by atoms with Crippen molar-refractivity contribution < 1.29 is 28.7 Å². The fraction of sp³-hybridized carbons (Fsp3) is 0.583. The van der Waals surface area contributed by atoms with E-state index in [1.54, 1.807) is 12.1 Å². The second-order valence-corrected chi connectivity index (χ2v) is 9.88. The SMILES string of the molecule is CCC(C)(C)C1CCC2(CC1)NC(=O)N(CC(=O)NNC(=O)c1ccc3c(c1)OCCO3)C2=O. The van der Waals surface area contributed by atoms with Gasteiger partial charge in [0.1, 0.15) is 25.3 Å². The Morgan fingerprint density at radius 1 is 1.12 bits per heavy atom. The minimum Gasteiger partial charge on any atom is -0.486 e. The number of hydrogen-bond acceptors (Lipinski definition) is 6. The van der Waals surface area contributed by atoms with Gasteiger partial charge in [0.15, 0.2) is 11.5 Å². The van der Waals surface area contributed by atoms with Gasteiger partial charge < -0.3 is 14.8 Å². The first kappa shape index (κ1) is 23.8. The number of fused-ring (bicyclic) bond motifs is 1. The van der Waals surface area contributed by atoms with Gasteiger partial charge in [-0.1, -0.05) is 27.2 Å². The van der Waals surface area contributed by atoms with E-state index in [4.69, 9.17) is 9.47 Å². The maximum Gasteiger partial charge on any atom is 0.325 e. The summed E-state index contributed by atoms with van der Waals surface area (Å²) >= 11 is 0. The van der Waals surface area contributed by atoms with E-state index < -0.39 is 29.9 Å². The van der Waals surface area contributed by atoms with Crippen molar-refractivity contribution >= 4 is 23.8 Å². The molecule has 5 amide bonds. The molecule has 1 aromatic carbocycles. The molecular weight excluding hydrogens is 440 g/mol. The van der Waals surface area contributed by atoms with E-state index in [0.29, 0.717) is 43.5 Å². The van der Waals surface area contributed by atoms with Crippen molar-refractivity contribution in [2.75, 3.05) is 19.8 Å². The van der Waals surface area contributed by atoms with Crippen LogP contribution in [-0.4, -0.2) is 54.0 Å². The molecule has 0 bridgehead atoms. The summed E-state index contributed by atoms with van der Waals surface area (Å²) in [6, 6.07) is 4.11. The number of nitrogens with zero attached hydrogens (tertiary/aromatic N) is 1. The van der Waals surface area contributed by atoms with Crippen LogP contribution in [0.1, 0.15) is 63.2 Å². The molecule has 4 rings (SSSR count). The third kappa shape index (κ3) is 4.53. The monoisotopic (exact) mass is 472 g/mol. The number of carbonyl (C=O) groups excluding carboxylic acids is 4. The quantitative estimate of drug-likeness (QED) is 0.445. The van der Waals surface area contributed by atoms with Crippen molar-refractivity contribution in [1.82, 2.24) is 21.1 Å². The molecule has 10 heteroatoms. The number of amides is 5. The molecule has 0 atom stereocenters. The van der Waals surface area contributed by atoms with Gasteiger partial charge in [0.2, 0.25) is 0 Å². The Bertz CT molecular complexity index is 999. The smallest absolute Gasteiger partial charge is 0.325 e. The number of nitrogens with one attached hydrogen (secondary N) is 3. The average Bonchev–Trinajstić information content (AvgIpc) is 3.06. The highest BCUT2D eigenvalue weighted by Crippen LogP contribution is 2.45. The molecule has 1 saturated heterocycles. The summed E-state index contributed by atoms with van der Waals surface area (Å²) in [6.45, 7) is 6.99. The van der Waals surface area contributed by atoms with Crippen LogP contribution < -0.4 is 25.6 Å². The van der Waals surface area contributed by atoms with Crippen molar-refractivity contribution in [2.24, 2.45) is 11.3 Å². The van der Waals surface area contributed by atoms with Gasteiger partial charge >= 0.3 is 6.03 Å². The Labute approximate surface area is 198 Å². The lowest BCUT2D eigenvalue weighted by molar-refractivity contribution is -0.136. The highest BCUT2D eigenvalue weighted by Gasteiger charge is 2.53. The molecule has 184 valence electrons. The summed E-state index contributed by atoms with van der Waals surface area (Å²) in [6.07, 6.45) is 3.86. The first-order valence-corrected chi connectivity index (χ1v) is 11.8. The molecule has 1 saturated carbocycles. The summed E-state index contributed by atoms with van der Waals surface area (Å²) in [5.74, 6) is -0.124. The lowest BCUT2D eigenvalue weighted by Crippen LogP contribution is -2.51. The van der Waals surface area contributed by atoms with E-state index in [1.807, 2.05) is 0 Å². The normalized spacial score (nSPS) is 24.1. The minimum atomic E-state index is -0.938. The zero-order valence-corrected chi connectivity index (χ0v) is 19.9. The largest absolute Gasteiger partial charge is 0.486 e. The average molecular weight is 473 g/mol. The van der Waals surface area contributed by atoms with Gasteiger partial charge in [-0.25, -0.2) is 4.79 Å². The molecule has 1 aliphatic carbocycles. The van der Waals surface area contributed by atoms with E-state index in [1.165, 1.54) is 6.07 Å². The maximum absolute atomic E-state index is 13.1. The Morgan fingerprint density at radius 2 is 1.79 bits per heavy atom. The Balaban J connectivity index is 1.31. The highest BCUT2D eigenvalue weighted by atomic mass is 16.6. The number of urea groups is 1. The van der Waals surface area contributed by atoms with Gasteiger partial charge in [-0.05, 0) is 55.2 Å². The Morgan fingerprint density at radius 3 is 2.47 bits per heavy atom. The number of carbonyl (C=O) groups is 4. The van der Waals surface area contributed by atoms with E-state index in [2.05, 4.69) is 36.9 Å². The molecule has 2 fully saturated rings. The number of hydrazine groups is 1. The number of imide groups is 1. The lowest BCUT2D eigenvalue weighted by atomic mass is 9.65. The summed E-state index contributed by atoms with van der Waals surface area (Å²) in [7, 11) is 0. The highest BCUT2D eigenvalue weighted by molar-refractivity contribution is 6.09. The standard InChI is InChI=1S/C24H32N4O6/c1-4-23(2,3)16-7-9-24(10-8-16)21(31)28(22(32)25-24)14-19(29)26-27-20(30)15-5-6-17-18(13-15)34-12-11-33-17/h5-6,13,16H,4,7-12,14H2,1-3H3,(H,25,32)(H,26,29)(H,27,30). The van der Waals surface area contributed by atoms with Gasteiger partial charge in [0.05, 0.1) is 0 Å². The van der Waals surface area contributed by atoms with E-state index in [0.717, 1.165) is 24.2 Å². The molecule has 34 heavy (non-hydrogen) atoms. The van der Waals surface area contributed by atoms with Crippen molar-refractivity contribution in [3.8, 4) is 11.5 Å². The summed E-state index contributed by atoms with van der Waals surface area (Å²) in [5.41, 5.74) is 4.09. The van der Waals surface area contributed by atoms with Crippen LogP contribution in [0.4, 0.5) is 4.79 Å². The predicted octanol–water partition coefficient (Wildman–Crippen LogP) is 2.14. The molecule has 3 aliphatic rings. The Kier molecular flexibility index (Phi) is 6.42. The fourth-order valence-corrected chi connectivity index (χ4v) is 4.91. The fourth-order valence-electron chi connectivity index (χ4n) is 4.91. The van der Waals surface area contributed by atoms with Crippen LogP contribution in [0.3, 0.4) is 0 Å². The zero-order chi connectivity index (χ0) is 24.5. The third-order valence-corrected chi connectivity index (χ3v) is 7.52. The van der Waals surface area contributed by atoms with Gasteiger partial charge in [0.25, 0.3) is 17.7 Å². The topological polar surface area (TPSA) is 126 Å². The number of rotatable bonds is 5. The van der Waals surface area contributed by atoms with E-state index >= 15 is 0 Å².